The lowest BCUT2D eigenvalue weighted by atomic mass is 10.00. The molecular weight excluding hydrogens is 542 g/mol. The highest BCUT2D eigenvalue weighted by atomic mass is 35.5. The number of rotatable bonds is 8. The maximum Gasteiger partial charge on any atom is 0.253 e. The molecule has 0 aromatic carbocycles. The van der Waals surface area contributed by atoms with Crippen LogP contribution in [0.5, 0.6) is 0 Å². The molecule has 2 N–H and O–H groups in total. The maximum absolute atomic E-state index is 10.5. The summed E-state index contributed by atoms with van der Waals surface area (Å²) in [7, 11) is 3.23. The zero-order valence-electron chi connectivity index (χ0n) is 17.7. The lowest BCUT2D eigenvalue weighted by molar-refractivity contribution is -0.404. The van der Waals surface area contributed by atoms with Crippen LogP contribution < -0.4 is 10.6 Å². The number of pyridine rings is 2. The third-order valence-corrected chi connectivity index (χ3v) is 5.52. The van der Waals surface area contributed by atoms with E-state index < -0.39 is 9.85 Å². The van der Waals surface area contributed by atoms with E-state index in [0.29, 0.717) is 27.9 Å². The number of nitro groups is 2. The SMILES string of the molecule is C.C.CN/C(=C\[N+](=O)[O-])C(C)c1cnc(Cl)c(Cl)c1.CN/C(=C\[N+](=O)[O-])Cc1cnc(Cl)c(Cl)c1. The molecule has 0 aliphatic carbocycles. The minimum atomic E-state index is -0.517. The smallest absolute Gasteiger partial charge is 0.253 e. The molecule has 194 valence electrons. The zero-order valence-corrected chi connectivity index (χ0v) is 20.7. The van der Waals surface area contributed by atoms with E-state index in [9.17, 15) is 20.2 Å². The summed E-state index contributed by atoms with van der Waals surface area (Å²) in [6.45, 7) is 1.81. The monoisotopic (exact) mass is 568 g/mol. The summed E-state index contributed by atoms with van der Waals surface area (Å²) in [4.78, 5) is 27.5. The number of allylic oxidation sites excluding steroid dienone is 2. The topological polar surface area (TPSA) is 136 Å². The second-order valence-electron chi connectivity index (χ2n) is 6.37. The number of nitrogens with zero attached hydrogens (tertiary/aromatic N) is 4. The van der Waals surface area contributed by atoms with Crippen LogP contribution in [-0.4, -0.2) is 33.9 Å². The Labute approximate surface area is 224 Å². The van der Waals surface area contributed by atoms with Gasteiger partial charge in [0.05, 0.1) is 31.3 Å². The van der Waals surface area contributed by atoms with E-state index in [0.717, 1.165) is 23.5 Å². The van der Waals surface area contributed by atoms with Gasteiger partial charge in [-0.1, -0.05) is 68.2 Å². The molecule has 0 radical (unpaired) electrons. The van der Waals surface area contributed by atoms with Crippen LogP contribution in [0, 0.1) is 20.2 Å². The molecule has 0 aliphatic heterocycles. The van der Waals surface area contributed by atoms with Crippen molar-refractivity contribution in [3.05, 3.63) is 100 Å². The summed E-state index contributed by atoms with van der Waals surface area (Å²) in [6, 6.07) is 3.27. The van der Waals surface area contributed by atoms with Crippen molar-refractivity contribution in [2.24, 2.45) is 0 Å². The first-order valence-electron chi connectivity index (χ1n) is 9.14. The van der Waals surface area contributed by atoms with Gasteiger partial charge in [0.1, 0.15) is 10.3 Å². The predicted molar refractivity (Wildman–Crippen MR) is 142 cm³/mol. The van der Waals surface area contributed by atoms with Gasteiger partial charge < -0.3 is 10.6 Å². The van der Waals surface area contributed by atoms with Crippen molar-refractivity contribution in [3.63, 3.8) is 0 Å². The molecule has 2 aromatic rings. The molecule has 0 bridgehead atoms. The van der Waals surface area contributed by atoms with Gasteiger partial charge in [-0.2, -0.15) is 0 Å². The largest absolute Gasteiger partial charge is 0.386 e. The van der Waals surface area contributed by atoms with Crippen molar-refractivity contribution < 1.29 is 9.85 Å². The summed E-state index contributed by atoms with van der Waals surface area (Å²) >= 11 is 23.0. The van der Waals surface area contributed by atoms with E-state index in [4.69, 9.17) is 46.4 Å². The van der Waals surface area contributed by atoms with Gasteiger partial charge in [-0.25, -0.2) is 9.97 Å². The van der Waals surface area contributed by atoms with E-state index in [1.807, 2.05) is 6.92 Å². The maximum atomic E-state index is 10.5. The molecule has 0 amide bonds. The lowest BCUT2D eigenvalue weighted by Gasteiger charge is -2.13. The molecule has 0 fully saturated rings. The molecule has 35 heavy (non-hydrogen) atoms. The van der Waals surface area contributed by atoms with Gasteiger partial charge in [0.15, 0.2) is 0 Å². The number of nitrogens with one attached hydrogen (secondary N) is 2. The number of likely N-dealkylation sites (N-methyl/N-ethyl adjacent to an activating group) is 2. The third kappa shape index (κ3) is 12.0. The Kier molecular flexibility index (Phi) is 16.6. The van der Waals surface area contributed by atoms with Gasteiger partial charge in [0, 0.05) is 38.8 Å². The summed E-state index contributed by atoms with van der Waals surface area (Å²) in [5, 5.41) is 27.4. The molecule has 0 saturated heterocycles. The number of aromatic nitrogens is 2. The highest BCUT2D eigenvalue weighted by Gasteiger charge is 2.15. The van der Waals surface area contributed by atoms with Gasteiger partial charge in [0.25, 0.3) is 12.4 Å². The van der Waals surface area contributed by atoms with Crippen molar-refractivity contribution in [2.45, 2.75) is 34.1 Å². The normalized spacial score (nSPS) is 11.6. The fraction of sp³-hybridized carbons (Fsp3) is 0.333. The predicted octanol–water partition coefficient (Wildman–Crippen LogP) is 6.37. The van der Waals surface area contributed by atoms with Gasteiger partial charge >= 0.3 is 0 Å². The van der Waals surface area contributed by atoms with E-state index in [2.05, 4.69) is 20.6 Å². The number of hydrogen-bond donors (Lipinski definition) is 2. The summed E-state index contributed by atoms with van der Waals surface area (Å²) in [5.74, 6) is -0.215. The minimum Gasteiger partial charge on any atom is -0.386 e. The van der Waals surface area contributed by atoms with Crippen molar-refractivity contribution in [2.75, 3.05) is 14.1 Å². The van der Waals surface area contributed by atoms with Crippen molar-refractivity contribution >= 4 is 46.4 Å². The van der Waals surface area contributed by atoms with E-state index in [1.54, 1.807) is 32.4 Å². The fourth-order valence-corrected chi connectivity index (χ4v) is 3.03. The molecule has 1 atom stereocenters. The first-order chi connectivity index (χ1) is 15.5. The molecular formula is C21H28Cl4N6O4. The molecule has 0 saturated carbocycles. The van der Waals surface area contributed by atoms with Crippen LogP contribution in [0.3, 0.4) is 0 Å². The molecule has 2 heterocycles. The Morgan fingerprint density at radius 2 is 1.46 bits per heavy atom. The Morgan fingerprint density at radius 1 is 0.943 bits per heavy atom. The fourth-order valence-electron chi connectivity index (χ4n) is 2.46. The van der Waals surface area contributed by atoms with Crippen LogP contribution in [0.2, 0.25) is 20.4 Å². The van der Waals surface area contributed by atoms with Crippen LogP contribution in [0.4, 0.5) is 0 Å². The van der Waals surface area contributed by atoms with E-state index >= 15 is 0 Å². The first-order valence-corrected chi connectivity index (χ1v) is 10.6. The molecule has 2 rings (SSSR count). The van der Waals surface area contributed by atoms with Gasteiger partial charge in [-0.3, -0.25) is 20.2 Å². The summed E-state index contributed by atoms with van der Waals surface area (Å²) < 4.78 is 0. The average Bonchev–Trinajstić information content (AvgIpc) is 2.75. The van der Waals surface area contributed by atoms with Crippen molar-refractivity contribution in [1.82, 2.24) is 20.6 Å². The van der Waals surface area contributed by atoms with E-state index in [1.165, 1.54) is 6.20 Å². The standard InChI is InChI=1S/C10H11Cl2N3O2.C9H9Cl2N3O2.2CH4/c1-6(9(13-2)5-15(16)17)7-3-8(11)10(12)14-4-7;1-12-7(5-14(15)16)2-6-3-8(10)9(11)13-4-6;;/h3-6,13H,1-2H3;3-5,12H,2H2,1H3;2*1H4/b9-5-;7-5-;;. The van der Waals surface area contributed by atoms with E-state index in [-0.39, 0.29) is 31.1 Å². The Morgan fingerprint density at radius 3 is 1.89 bits per heavy atom. The molecule has 14 heteroatoms. The summed E-state index contributed by atoms with van der Waals surface area (Å²) in [5.41, 5.74) is 2.43. The number of halogens is 4. The van der Waals surface area contributed by atoms with Crippen LogP contribution >= 0.6 is 46.4 Å². The Bertz CT molecular complexity index is 1070. The lowest BCUT2D eigenvalue weighted by Crippen LogP contribution is -2.14. The zero-order chi connectivity index (χ0) is 25.1. The quantitative estimate of drug-likeness (QED) is 0.212. The average molecular weight is 570 g/mol. The van der Waals surface area contributed by atoms with Crippen molar-refractivity contribution in [1.29, 1.82) is 0 Å². The van der Waals surface area contributed by atoms with Gasteiger partial charge in [-0.15, -0.1) is 0 Å². The van der Waals surface area contributed by atoms with Crippen LogP contribution in [-0.2, 0) is 6.42 Å². The highest BCUT2D eigenvalue weighted by Crippen LogP contribution is 2.27. The summed E-state index contributed by atoms with van der Waals surface area (Å²) in [6.07, 6.45) is 5.25. The second-order valence-corrected chi connectivity index (χ2v) is 7.90. The second kappa shape index (κ2) is 16.9. The molecule has 10 nitrogen and oxygen atoms in total. The molecule has 0 aliphatic rings. The minimum absolute atomic E-state index is 0. The first kappa shape index (κ1) is 34.5. The van der Waals surface area contributed by atoms with Crippen LogP contribution in [0.25, 0.3) is 0 Å². The molecule has 2 aromatic heterocycles. The Hall–Kier alpha value is -2.66. The van der Waals surface area contributed by atoms with Crippen LogP contribution in [0.15, 0.2) is 48.3 Å². The molecule has 1 unspecified atom stereocenters. The van der Waals surface area contributed by atoms with Crippen LogP contribution in [0.1, 0.15) is 38.8 Å². The Balaban J connectivity index is 0. The van der Waals surface area contributed by atoms with Gasteiger partial charge in [0.2, 0.25) is 0 Å². The molecule has 0 spiro atoms. The number of hydrogen-bond acceptors (Lipinski definition) is 8. The highest BCUT2D eigenvalue weighted by molar-refractivity contribution is 6.41. The van der Waals surface area contributed by atoms with Gasteiger partial charge in [-0.05, 0) is 23.3 Å². The van der Waals surface area contributed by atoms with Crippen molar-refractivity contribution in [3.8, 4) is 0 Å². The third-order valence-electron chi connectivity index (χ3n) is 4.15.